The van der Waals surface area contributed by atoms with E-state index in [0.717, 1.165) is 76.9 Å². The molecule has 0 saturated carbocycles. The highest BCUT2D eigenvalue weighted by Gasteiger charge is 2.48. The average Bonchev–Trinajstić information content (AvgIpc) is 1.67. The summed E-state index contributed by atoms with van der Waals surface area (Å²) in [5.74, 6) is -3.63. The van der Waals surface area contributed by atoms with Gasteiger partial charge in [0.05, 0.1) is 151 Å². The summed E-state index contributed by atoms with van der Waals surface area (Å²) < 4.78 is 110. The molecule has 6 amide bonds. The van der Waals surface area contributed by atoms with Crippen LogP contribution in [0.3, 0.4) is 0 Å². The first kappa shape index (κ1) is 105. The third kappa shape index (κ3) is 29.1. The first-order chi connectivity index (χ1) is 68.2. The van der Waals surface area contributed by atoms with Crippen LogP contribution < -0.4 is 54.1 Å². The van der Waals surface area contributed by atoms with Gasteiger partial charge in [-0.2, -0.15) is 0 Å². The molecule has 45 nitrogen and oxygen atoms in total. The van der Waals surface area contributed by atoms with Gasteiger partial charge in [0.15, 0.2) is 28.8 Å². The van der Waals surface area contributed by atoms with Gasteiger partial charge in [0, 0.05) is 150 Å². The molecular weight excluding hydrogens is 1880 g/mol. The van der Waals surface area contributed by atoms with Gasteiger partial charge >= 0.3 is 10.4 Å². The van der Waals surface area contributed by atoms with E-state index in [4.69, 9.17) is 70.7 Å². The number of anilines is 3. The minimum absolute atomic E-state index is 0.00639. The number of para-hydroxylation sites is 1. The highest BCUT2D eigenvalue weighted by Crippen LogP contribution is 2.42. The Bertz CT molecular complexity index is 5550. The molecule has 14 rings (SSSR count). The molecule has 141 heavy (non-hydrogen) atoms. The van der Waals surface area contributed by atoms with E-state index in [1.54, 1.807) is 52.7 Å². The third-order valence-electron chi connectivity index (χ3n) is 24.7. The molecule has 8 aromatic rings. The van der Waals surface area contributed by atoms with E-state index in [-0.39, 0.29) is 161 Å². The molecule has 3 aromatic carbocycles. The zero-order valence-corrected chi connectivity index (χ0v) is 80.9. The summed E-state index contributed by atoms with van der Waals surface area (Å²) >= 11 is 1.57. The number of likely N-dealkylation sites (tertiary alicyclic amines) is 1. The van der Waals surface area contributed by atoms with Crippen molar-refractivity contribution in [3.63, 3.8) is 0 Å². The van der Waals surface area contributed by atoms with Crippen LogP contribution in [0.4, 0.5) is 17.2 Å². The predicted octanol–water partition coefficient (Wildman–Crippen LogP) is 2.39. The van der Waals surface area contributed by atoms with E-state index in [0.29, 0.717) is 122 Å². The first-order valence-corrected chi connectivity index (χ1v) is 49.4. The van der Waals surface area contributed by atoms with Crippen LogP contribution in [0.5, 0.6) is 29.0 Å². The lowest BCUT2D eigenvalue weighted by Gasteiger charge is -2.43. The van der Waals surface area contributed by atoms with E-state index in [1.807, 2.05) is 69.6 Å². The van der Waals surface area contributed by atoms with Crippen molar-refractivity contribution >= 4 is 74.4 Å². The minimum Gasteiger partial charge on any atom is -0.476 e. The number of aliphatic hydroxyl groups excluding tert-OH is 5. The summed E-state index contributed by atoms with van der Waals surface area (Å²) in [6.45, 7) is 19.2. The normalized spacial score (nSPS) is 21.0. The monoisotopic (exact) mass is 2000 g/mol. The number of nitrogens with one attached hydrogen (secondary N) is 3. The van der Waals surface area contributed by atoms with Gasteiger partial charge in [-0.3, -0.25) is 43.5 Å². The molecule has 12 atom stereocenters. The number of nitrogen functional groups attached to an aromatic ring is 1. The molecule has 2 bridgehead atoms. The number of hydrogen-bond donors (Lipinski definition) is 9. The molecule has 11 heterocycles. The second-order valence-electron chi connectivity index (χ2n) is 35.0. The maximum Gasteiger partial charge on any atom is 0.501 e. The fraction of sp³-hybridized carbons (Fsp3) is 0.543. The highest BCUT2D eigenvalue weighted by molar-refractivity contribution is 7.82. The Morgan fingerprint density at radius 2 is 1.34 bits per heavy atom. The number of pyridine rings is 1. The Morgan fingerprint density at radius 1 is 0.667 bits per heavy atom. The highest BCUT2D eigenvalue weighted by atomic mass is 32.3. The number of ether oxygens (including phenoxy) is 11. The van der Waals surface area contributed by atoms with Gasteiger partial charge in [-0.25, -0.2) is 14.6 Å². The number of rotatable bonds is 55. The van der Waals surface area contributed by atoms with Gasteiger partial charge in [-0.1, -0.05) is 55.5 Å². The summed E-state index contributed by atoms with van der Waals surface area (Å²) in [6, 6.07) is 23.9. The zero-order chi connectivity index (χ0) is 99.5. The fourth-order valence-electron chi connectivity index (χ4n) is 17.4. The summed E-state index contributed by atoms with van der Waals surface area (Å²) in [4.78, 5) is 98.9. The molecule has 47 heteroatoms. The summed E-state index contributed by atoms with van der Waals surface area (Å²) in [7, 11) is -5.20. The molecule has 764 valence electrons. The number of piperazine rings is 2. The maximum atomic E-state index is 14.4. The number of β-amino-alcohol motifs (C(OH)–C–C–N with tert-alkyl or cyclic N) is 1. The molecule has 0 aliphatic carbocycles. The number of hydrogen-bond acceptors (Lipinski definition) is 40. The zero-order valence-electron chi connectivity index (χ0n) is 79.3. The molecule has 6 aliphatic rings. The molecule has 2 unspecified atom stereocenters. The number of nitrogens with two attached hydrogens (primary N) is 1. The van der Waals surface area contributed by atoms with Crippen molar-refractivity contribution in [1.82, 2.24) is 75.9 Å². The second-order valence-corrected chi connectivity index (χ2v) is 37.0. The van der Waals surface area contributed by atoms with Gasteiger partial charge in [0.1, 0.15) is 55.3 Å². The van der Waals surface area contributed by atoms with E-state index >= 15 is 0 Å². The van der Waals surface area contributed by atoms with Crippen molar-refractivity contribution in [2.45, 2.75) is 146 Å². The predicted molar refractivity (Wildman–Crippen MR) is 507 cm³/mol. The molecule has 5 aromatic heterocycles. The molecule has 5 fully saturated rings. The van der Waals surface area contributed by atoms with Crippen molar-refractivity contribution in [3.05, 3.63) is 149 Å². The Kier molecular flexibility index (Phi) is 38.3. The largest absolute Gasteiger partial charge is 0.501 e. The Morgan fingerprint density at radius 3 is 2.04 bits per heavy atom. The third-order valence-corrected chi connectivity index (χ3v) is 26.5. The van der Waals surface area contributed by atoms with E-state index in [9.17, 15) is 62.7 Å². The van der Waals surface area contributed by atoms with Crippen LogP contribution in [0, 0.1) is 12.8 Å². The van der Waals surface area contributed by atoms with Crippen LogP contribution in [0.2, 0.25) is 0 Å². The number of carbonyl (C=O) groups excluding carboxylic acids is 6. The first-order valence-electron chi connectivity index (χ1n) is 47.2. The summed E-state index contributed by atoms with van der Waals surface area (Å²) in [6.07, 6.45) is -1.89. The second kappa shape index (κ2) is 51.4. The molecule has 6 aliphatic heterocycles. The summed E-state index contributed by atoms with van der Waals surface area (Å²) in [5, 5.41) is 82.5. The van der Waals surface area contributed by atoms with Crippen molar-refractivity contribution in [1.29, 1.82) is 0 Å². The lowest BCUT2D eigenvalue weighted by molar-refractivity contribution is -0.277. The van der Waals surface area contributed by atoms with Crippen LogP contribution in [-0.4, -0.2) is 368 Å². The quantitative estimate of drug-likeness (QED) is 0.0195. The topological polar surface area (TPSA) is 548 Å². The van der Waals surface area contributed by atoms with Crippen molar-refractivity contribution < 1.29 is 128 Å². The smallest absolute Gasteiger partial charge is 0.476 e. The molecular formula is C94H124N18O27S2. The van der Waals surface area contributed by atoms with Crippen LogP contribution in [0.25, 0.3) is 21.7 Å². The minimum atomic E-state index is -5.20. The Labute approximate surface area is 819 Å². The van der Waals surface area contributed by atoms with Gasteiger partial charge in [-0.15, -0.1) is 35.1 Å². The van der Waals surface area contributed by atoms with Crippen molar-refractivity contribution in [3.8, 4) is 50.7 Å². The number of amides is 6. The summed E-state index contributed by atoms with van der Waals surface area (Å²) in [5.41, 5.74) is 13.8. The Hall–Kier alpha value is -11.6. The van der Waals surface area contributed by atoms with Gasteiger partial charge < -0.3 is 127 Å². The number of imide groups is 1. The standard InChI is InChI=1S/C94H124N18O27S2/c1-59(2)85(93(123)111-55-70(114)48-74(111)92(122)100-61(4)63-10-12-64(13-11-63)89-62(5)99-58-140-89)78-50-82(104-137-78)134-34-28-106-26-27-107(60(3)51-106)29-35-133-81-47-67(20-22-97-81)112-68-15-16-69(112)54-108(53-68)73-49-72(102-103-90(73)95)71-8-6-7-9-75(71)138-141(124,125)139-77-46-65(14-17-76(77)135-94-88(120)87(119)86(118)79(56-113)136-94)91(121)98-24-32-127-37-40-129-41-38-128-33-30-109-52-66(101-105-109)57-132-45-44-131-43-42-130-39-36-126-31-23-96-80(115)21-25-110-83(116)18-19-84(110)117/h6-14,17-20,22,46-47,49-50,52,58-61,68-70,74,79,85-88,94,113-114,118-120H,15-16,21,23-45,48,51,53-57H2,1-5H3,(H2,95,103)(H,96,115)(H,98,121)(H,100,122)/t60-,61+,68?,69?,70-,74+,79-,85-,86+,87+,88-,94-/m1/s1. The van der Waals surface area contributed by atoms with Crippen molar-refractivity contribution in [2.24, 2.45) is 5.92 Å². The number of carbonyl (C=O) groups is 6. The fourth-order valence-corrected chi connectivity index (χ4v) is 18.9. The van der Waals surface area contributed by atoms with Crippen LogP contribution in [0.15, 0.2) is 126 Å². The van der Waals surface area contributed by atoms with E-state index in [2.05, 4.69) is 78.1 Å². The maximum absolute atomic E-state index is 14.4. The molecule has 0 spiro atoms. The van der Waals surface area contributed by atoms with Crippen LogP contribution >= 0.6 is 11.3 Å². The number of aromatic nitrogens is 8. The molecule has 5 saturated heterocycles. The van der Waals surface area contributed by atoms with Crippen LogP contribution in [-0.2, 0) is 85.4 Å². The number of nitrogens with zero attached hydrogens (tertiary/aromatic N) is 14. The molecule has 10 N–H and O–H groups in total. The number of aliphatic hydroxyl groups is 5. The van der Waals surface area contributed by atoms with Gasteiger partial charge in [-0.05, 0) is 98.3 Å². The number of aryl methyl sites for hydroxylation is 1. The van der Waals surface area contributed by atoms with Crippen molar-refractivity contribution in [2.75, 3.05) is 193 Å². The van der Waals surface area contributed by atoms with Gasteiger partial charge in [0.2, 0.25) is 29.9 Å². The van der Waals surface area contributed by atoms with Crippen LogP contribution in [0.1, 0.15) is 98.4 Å². The SMILES string of the molecule is Cc1ncsc1-c1ccc([C@H](C)NC(=O)[C@@H]2C[C@@H](O)CN2C(=O)[C@@H](c2cc(OCCN3CCN(CCOc4cc(N5C6CCC5CN(c5cc(-c7ccccc7OS(=O)(=O)Oc7cc(C(=O)NCCOCCOCCOCCn8cc(COCCOCCOCCOCCNC(=O)CCN9C(=O)C=CC9=O)nn8)ccc7O[C@@H]7O[C@H](CO)[C@H](O)[C@H](O)[C@H]7O)nnc5N)C6)ccn4)[C@H](C)C3)no2)C(C)C)cc1. The lowest BCUT2D eigenvalue weighted by atomic mass is 9.91. The average molecular weight is 2000 g/mol. The number of thiazole rings is 1. The Balaban J connectivity index is 0.482. The number of benzene rings is 3. The molecule has 0 radical (unpaired) electrons. The lowest BCUT2D eigenvalue weighted by Crippen LogP contribution is -2.60. The van der Waals surface area contributed by atoms with E-state index < -0.39 is 95.0 Å². The van der Waals surface area contributed by atoms with Gasteiger partial charge in [0.25, 0.3) is 23.6 Å². The number of fused-ring (bicyclic) bond motifs is 2. The van der Waals surface area contributed by atoms with E-state index in [1.165, 1.54) is 35.3 Å².